The lowest BCUT2D eigenvalue weighted by molar-refractivity contribution is 0.251. The number of aryl methyl sites for hydroxylation is 3. The predicted octanol–water partition coefficient (Wildman–Crippen LogP) is 3.53. The summed E-state index contributed by atoms with van der Waals surface area (Å²) in [6.07, 6.45) is 3.20. The standard InChI is InChI=1S/C15H18N2O2/c1-10-6-11(2)14(12(3)7-10)17-15(18)16-8-13-4-5-19-9-13/h4-7,9H,8H2,1-3H3,(H2,16,17,18). The van der Waals surface area contributed by atoms with Crippen molar-refractivity contribution >= 4 is 11.7 Å². The Kier molecular flexibility index (Phi) is 3.90. The van der Waals surface area contributed by atoms with Crippen molar-refractivity contribution in [2.24, 2.45) is 0 Å². The normalized spacial score (nSPS) is 10.3. The van der Waals surface area contributed by atoms with Crippen molar-refractivity contribution in [3.63, 3.8) is 0 Å². The summed E-state index contributed by atoms with van der Waals surface area (Å²) in [5, 5.41) is 5.68. The highest BCUT2D eigenvalue weighted by molar-refractivity contribution is 5.91. The number of carbonyl (C=O) groups excluding carboxylic acids is 1. The van der Waals surface area contributed by atoms with Gasteiger partial charge in [-0.3, -0.25) is 0 Å². The van der Waals surface area contributed by atoms with E-state index in [4.69, 9.17) is 4.42 Å². The number of benzene rings is 1. The zero-order valence-electron chi connectivity index (χ0n) is 11.4. The molecule has 0 atom stereocenters. The molecule has 0 saturated carbocycles. The smallest absolute Gasteiger partial charge is 0.319 e. The number of hydrogen-bond acceptors (Lipinski definition) is 2. The first kappa shape index (κ1) is 13.2. The zero-order chi connectivity index (χ0) is 13.8. The van der Waals surface area contributed by atoms with E-state index in [2.05, 4.69) is 22.8 Å². The third-order valence-electron chi connectivity index (χ3n) is 2.95. The maximum atomic E-state index is 11.8. The van der Waals surface area contributed by atoms with Gasteiger partial charge in [0.25, 0.3) is 0 Å². The van der Waals surface area contributed by atoms with Crippen molar-refractivity contribution in [2.75, 3.05) is 5.32 Å². The quantitative estimate of drug-likeness (QED) is 0.885. The fourth-order valence-corrected chi connectivity index (χ4v) is 2.11. The van der Waals surface area contributed by atoms with Gasteiger partial charge in [-0.2, -0.15) is 0 Å². The van der Waals surface area contributed by atoms with Gasteiger partial charge in [0.2, 0.25) is 0 Å². The minimum absolute atomic E-state index is 0.212. The Bertz CT molecular complexity index is 551. The summed E-state index contributed by atoms with van der Waals surface area (Å²) in [7, 11) is 0. The van der Waals surface area contributed by atoms with E-state index in [1.54, 1.807) is 12.5 Å². The van der Waals surface area contributed by atoms with E-state index < -0.39 is 0 Å². The summed E-state index contributed by atoms with van der Waals surface area (Å²) in [6.45, 7) is 6.48. The fraction of sp³-hybridized carbons (Fsp3) is 0.267. The van der Waals surface area contributed by atoms with Crippen molar-refractivity contribution < 1.29 is 9.21 Å². The molecule has 1 heterocycles. The molecule has 0 aliphatic rings. The molecule has 100 valence electrons. The van der Waals surface area contributed by atoms with Crippen LogP contribution >= 0.6 is 0 Å². The van der Waals surface area contributed by atoms with Gasteiger partial charge in [0.05, 0.1) is 12.5 Å². The van der Waals surface area contributed by atoms with Gasteiger partial charge in [0.1, 0.15) is 0 Å². The van der Waals surface area contributed by atoms with E-state index in [-0.39, 0.29) is 6.03 Å². The lowest BCUT2D eigenvalue weighted by atomic mass is 10.1. The lowest BCUT2D eigenvalue weighted by Gasteiger charge is -2.13. The SMILES string of the molecule is Cc1cc(C)c(NC(=O)NCc2ccoc2)c(C)c1. The predicted molar refractivity (Wildman–Crippen MR) is 75.2 cm³/mol. The number of anilines is 1. The van der Waals surface area contributed by atoms with Gasteiger partial charge in [-0.1, -0.05) is 17.7 Å². The number of hydrogen-bond donors (Lipinski definition) is 2. The number of amides is 2. The highest BCUT2D eigenvalue weighted by Crippen LogP contribution is 2.21. The van der Waals surface area contributed by atoms with Crippen molar-refractivity contribution in [1.82, 2.24) is 5.32 Å². The Morgan fingerprint density at radius 1 is 1.21 bits per heavy atom. The molecule has 2 N–H and O–H groups in total. The van der Waals surface area contributed by atoms with Gasteiger partial charge >= 0.3 is 6.03 Å². The molecule has 0 aliphatic carbocycles. The summed E-state index contributed by atoms with van der Waals surface area (Å²) in [4.78, 5) is 11.8. The third kappa shape index (κ3) is 3.37. The highest BCUT2D eigenvalue weighted by Gasteiger charge is 2.08. The first-order chi connectivity index (χ1) is 9.06. The van der Waals surface area contributed by atoms with Crippen LogP contribution in [0.4, 0.5) is 10.5 Å². The molecular formula is C15H18N2O2. The Morgan fingerprint density at radius 3 is 2.47 bits per heavy atom. The fourth-order valence-electron chi connectivity index (χ4n) is 2.11. The van der Waals surface area contributed by atoms with Crippen LogP contribution in [0.3, 0.4) is 0 Å². The van der Waals surface area contributed by atoms with Crippen LogP contribution in [0, 0.1) is 20.8 Å². The summed E-state index contributed by atoms with van der Waals surface area (Å²) in [5.74, 6) is 0. The van der Waals surface area contributed by atoms with Crippen LogP contribution in [-0.4, -0.2) is 6.03 Å². The average molecular weight is 258 g/mol. The molecule has 4 heteroatoms. The van der Waals surface area contributed by atoms with Gasteiger partial charge < -0.3 is 15.1 Å². The maximum Gasteiger partial charge on any atom is 0.319 e. The second-order valence-corrected chi connectivity index (χ2v) is 4.71. The highest BCUT2D eigenvalue weighted by atomic mass is 16.3. The van der Waals surface area contributed by atoms with E-state index in [1.165, 1.54) is 5.56 Å². The molecular weight excluding hydrogens is 240 g/mol. The van der Waals surface area contributed by atoms with Crippen LogP contribution in [0.5, 0.6) is 0 Å². The van der Waals surface area contributed by atoms with Crippen LogP contribution < -0.4 is 10.6 Å². The van der Waals surface area contributed by atoms with Crippen molar-refractivity contribution in [3.8, 4) is 0 Å². The van der Waals surface area contributed by atoms with Crippen LogP contribution in [0.1, 0.15) is 22.3 Å². The summed E-state index contributed by atoms with van der Waals surface area (Å²) in [6, 6.07) is 5.72. The van der Waals surface area contributed by atoms with Gasteiger partial charge in [0.15, 0.2) is 0 Å². The zero-order valence-corrected chi connectivity index (χ0v) is 11.4. The van der Waals surface area contributed by atoms with Gasteiger partial charge in [-0.05, 0) is 38.0 Å². The van der Waals surface area contributed by atoms with Crippen LogP contribution in [-0.2, 0) is 6.54 Å². The van der Waals surface area contributed by atoms with E-state index in [0.717, 1.165) is 22.4 Å². The summed E-state index contributed by atoms with van der Waals surface area (Å²) >= 11 is 0. The van der Waals surface area contributed by atoms with Crippen LogP contribution in [0.25, 0.3) is 0 Å². The van der Waals surface area contributed by atoms with Gasteiger partial charge in [-0.15, -0.1) is 0 Å². The topological polar surface area (TPSA) is 54.3 Å². The molecule has 0 fully saturated rings. The van der Waals surface area contributed by atoms with Crippen LogP contribution in [0.15, 0.2) is 35.1 Å². The molecule has 1 aromatic carbocycles. The van der Waals surface area contributed by atoms with Crippen LogP contribution in [0.2, 0.25) is 0 Å². The Hall–Kier alpha value is -2.23. The molecule has 2 amide bonds. The number of nitrogens with one attached hydrogen (secondary N) is 2. The summed E-state index contributed by atoms with van der Waals surface area (Å²) in [5.41, 5.74) is 5.13. The number of rotatable bonds is 3. The van der Waals surface area contributed by atoms with Crippen molar-refractivity contribution in [3.05, 3.63) is 53.0 Å². The number of urea groups is 1. The average Bonchev–Trinajstić information content (AvgIpc) is 2.84. The molecule has 0 spiro atoms. The molecule has 0 bridgehead atoms. The molecule has 1 aromatic heterocycles. The molecule has 4 nitrogen and oxygen atoms in total. The molecule has 19 heavy (non-hydrogen) atoms. The monoisotopic (exact) mass is 258 g/mol. The Morgan fingerprint density at radius 2 is 1.89 bits per heavy atom. The maximum absolute atomic E-state index is 11.8. The molecule has 0 aliphatic heterocycles. The number of carbonyl (C=O) groups is 1. The summed E-state index contributed by atoms with van der Waals surface area (Å²) < 4.78 is 4.94. The van der Waals surface area contributed by atoms with E-state index in [0.29, 0.717) is 6.54 Å². The second-order valence-electron chi connectivity index (χ2n) is 4.71. The molecule has 2 aromatic rings. The van der Waals surface area contributed by atoms with Gasteiger partial charge in [-0.25, -0.2) is 4.79 Å². The van der Waals surface area contributed by atoms with E-state index in [9.17, 15) is 4.79 Å². The molecule has 0 unspecified atom stereocenters. The molecule has 0 radical (unpaired) electrons. The second kappa shape index (κ2) is 5.61. The lowest BCUT2D eigenvalue weighted by Crippen LogP contribution is -2.28. The first-order valence-electron chi connectivity index (χ1n) is 6.20. The first-order valence-corrected chi connectivity index (χ1v) is 6.20. The Labute approximate surface area is 112 Å². The minimum atomic E-state index is -0.212. The van der Waals surface area contributed by atoms with Crippen molar-refractivity contribution in [2.45, 2.75) is 27.3 Å². The van der Waals surface area contributed by atoms with E-state index >= 15 is 0 Å². The Balaban J connectivity index is 1.99. The largest absolute Gasteiger partial charge is 0.472 e. The van der Waals surface area contributed by atoms with E-state index in [1.807, 2.05) is 26.8 Å². The molecule has 0 saturated heterocycles. The molecule has 2 rings (SSSR count). The third-order valence-corrected chi connectivity index (χ3v) is 2.95. The number of furan rings is 1. The minimum Gasteiger partial charge on any atom is -0.472 e. The van der Waals surface area contributed by atoms with Crippen molar-refractivity contribution in [1.29, 1.82) is 0 Å². The van der Waals surface area contributed by atoms with Gasteiger partial charge in [0, 0.05) is 17.8 Å².